The number of allylic oxidation sites excluding steroid dienone is 1. The molecule has 1 aromatic rings. The van der Waals surface area contributed by atoms with Crippen LogP contribution in [0, 0.1) is 17.8 Å². The van der Waals surface area contributed by atoms with Gasteiger partial charge in [-0.2, -0.15) is 0 Å². The number of aliphatic hydroxyl groups excluding tert-OH is 1. The molecular weight excluding hydrogens is 544 g/mol. The predicted octanol–water partition coefficient (Wildman–Crippen LogP) is 4.93. The maximum absolute atomic E-state index is 14.6. The average molecular weight is 587 g/mol. The third kappa shape index (κ3) is 5.71. The zero-order valence-corrected chi connectivity index (χ0v) is 25.0. The fraction of sp³-hybridized carbons (Fsp3) is 0.594. The molecule has 3 saturated heterocycles. The van der Waals surface area contributed by atoms with Crippen molar-refractivity contribution in [1.82, 2.24) is 4.90 Å². The van der Waals surface area contributed by atoms with Gasteiger partial charge >= 0.3 is 5.97 Å². The van der Waals surface area contributed by atoms with E-state index in [4.69, 9.17) is 21.1 Å². The van der Waals surface area contributed by atoms with Crippen molar-refractivity contribution in [3.05, 3.63) is 54.6 Å². The minimum absolute atomic E-state index is 0.0690. The number of carbonyl (C=O) groups excluding carboxylic acids is 3. The third-order valence-electron chi connectivity index (χ3n) is 9.12. The Morgan fingerprint density at radius 2 is 1.88 bits per heavy atom. The van der Waals surface area contributed by atoms with Crippen molar-refractivity contribution in [2.75, 3.05) is 31.2 Å². The molecule has 9 heteroatoms. The number of anilines is 1. The SMILES string of the molecule is C=CCCCOC(=O)[C@H]1[C@H]2C(=O)N(CCCCCCO)C(C(=O)N(CC=C)c3ccc(Cl)cc3)C23CC(C)[C@]1(C)O3. The molecule has 224 valence electrons. The van der Waals surface area contributed by atoms with E-state index in [-0.39, 0.29) is 37.5 Å². The van der Waals surface area contributed by atoms with Gasteiger partial charge in [0, 0.05) is 30.4 Å². The number of rotatable bonds is 15. The first-order valence-electron chi connectivity index (χ1n) is 14.7. The molecule has 0 aliphatic carbocycles. The molecule has 6 atom stereocenters. The minimum Gasteiger partial charge on any atom is -0.465 e. The summed E-state index contributed by atoms with van der Waals surface area (Å²) in [4.78, 5) is 45.7. The molecule has 0 radical (unpaired) electrons. The molecule has 0 aromatic heterocycles. The number of hydrogen-bond donors (Lipinski definition) is 1. The minimum atomic E-state index is -1.15. The van der Waals surface area contributed by atoms with Crippen LogP contribution in [-0.4, -0.2) is 71.3 Å². The summed E-state index contributed by atoms with van der Waals surface area (Å²) in [6.45, 7) is 12.4. The van der Waals surface area contributed by atoms with Gasteiger partial charge in [0.1, 0.15) is 17.6 Å². The molecule has 2 amide bonds. The van der Waals surface area contributed by atoms with E-state index in [0.717, 1.165) is 19.3 Å². The van der Waals surface area contributed by atoms with E-state index in [0.29, 0.717) is 42.9 Å². The topological polar surface area (TPSA) is 96.4 Å². The van der Waals surface area contributed by atoms with Crippen molar-refractivity contribution in [2.45, 2.75) is 76.0 Å². The lowest BCUT2D eigenvalue weighted by atomic mass is 9.62. The number of amides is 2. The number of benzene rings is 1. The molecule has 3 fully saturated rings. The first kappa shape index (κ1) is 31.3. The van der Waals surface area contributed by atoms with Crippen LogP contribution in [0.1, 0.15) is 58.8 Å². The summed E-state index contributed by atoms with van der Waals surface area (Å²) in [7, 11) is 0. The van der Waals surface area contributed by atoms with Crippen LogP contribution in [0.15, 0.2) is 49.6 Å². The molecule has 41 heavy (non-hydrogen) atoms. The maximum atomic E-state index is 14.6. The molecule has 2 bridgehead atoms. The van der Waals surface area contributed by atoms with E-state index in [1.54, 1.807) is 46.2 Å². The number of hydrogen-bond acceptors (Lipinski definition) is 6. The Balaban J connectivity index is 1.72. The van der Waals surface area contributed by atoms with E-state index in [9.17, 15) is 19.5 Å². The van der Waals surface area contributed by atoms with E-state index in [1.807, 2.05) is 13.8 Å². The first-order valence-corrected chi connectivity index (χ1v) is 15.1. The average Bonchev–Trinajstić information content (AvgIpc) is 3.46. The van der Waals surface area contributed by atoms with Crippen LogP contribution in [0.4, 0.5) is 5.69 Å². The van der Waals surface area contributed by atoms with Gasteiger partial charge in [0.05, 0.1) is 18.1 Å². The summed E-state index contributed by atoms with van der Waals surface area (Å²) in [6, 6.07) is 6.08. The third-order valence-corrected chi connectivity index (χ3v) is 9.37. The Morgan fingerprint density at radius 3 is 2.54 bits per heavy atom. The molecular formula is C32H43ClN2O6. The molecule has 4 rings (SSSR count). The number of halogens is 1. The van der Waals surface area contributed by atoms with Gasteiger partial charge in [0.2, 0.25) is 5.91 Å². The Hall–Kier alpha value is -2.68. The van der Waals surface area contributed by atoms with Gasteiger partial charge in [-0.25, -0.2) is 0 Å². The highest BCUT2D eigenvalue weighted by molar-refractivity contribution is 6.30. The second-order valence-electron chi connectivity index (χ2n) is 11.7. The first-order chi connectivity index (χ1) is 19.7. The van der Waals surface area contributed by atoms with E-state index >= 15 is 0 Å². The molecule has 3 aliphatic heterocycles. The zero-order valence-electron chi connectivity index (χ0n) is 24.2. The fourth-order valence-electron chi connectivity index (χ4n) is 7.07. The summed E-state index contributed by atoms with van der Waals surface area (Å²) in [5.41, 5.74) is -1.44. The molecule has 1 spiro atoms. The van der Waals surface area contributed by atoms with Crippen LogP contribution in [0.2, 0.25) is 5.02 Å². The van der Waals surface area contributed by atoms with Gasteiger partial charge in [-0.05, 0) is 69.2 Å². The summed E-state index contributed by atoms with van der Waals surface area (Å²) >= 11 is 6.13. The van der Waals surface area contributed by atoms with E-state index < -0.39 is 35.0 Å². The quantitative estimate of drug-likeness (QED) is 0.178. The number of likely N-dealkylation sites (tertiary alicyclic amines) is 1. The molecule has 8 nitrogen and oxygen atoms in total. The monoisotopic (exact) mass is 586 g/mol. The molecule has 0 saturated carbocycles. The summed E-state index contributed by atoms with van der Waals surface area (Å²) in [6.07, 6.45) is 8.27. The van der Waals surface area contributed by atoms with Gasteiger partial charge < -0.3 is 24.4 Å². The maximum Gasteiger partial charge on any atom is 0.312 e. The van der Waals surface area contributed by atoms with Crippen LogP contribution >= 0.6 is 11.6 Å². The lowest BCUT2D eigenvalue weighted by Crippen LogP contribution is -2.57. The Morgan fingerprint density at radius 1 is 1.17 bits per heavy atom. The van der Waals surface area contributed by atoms with Gasteiger partial charge in [0.25, 0.3) is 5.91 Å². The molecule has 3 aliphatic rings. The van der Waals surface area contributed by atoms with Crippen LogP contribution in [0.5, 0.6) is 0 Å². The number of aliphatic hydroxyl groups is 1. The van der Waals surface area contributed by atoms with Gasteiger partial charge in [-0.15, -0.1) is 13.2 Å². The summed E-state index contributed by atoms with van der Waals surface area (Å²) in [5.74, 6) is -2.63. The number of esters is 1. The van der Waals surface area contributed by atoms with Gasteiger partial charge in [-0.3, -0.25) is 14.4 Å². The van der Waals surface area contributed by atoms with Crippen LogP contribution in [-0.2, 0) is 23.9 Å². The lowest BCUT2D eigenvalue weighted by molar-refractivity contribution is -0.161. The van der Waals surface area contributed by atoms with Crippen molar-refractivity contribution < 1.29 is 29.0 Å². The molecule has 3 unspecified atom stereocenters. The van der Waals surface area contributed by atoms with Crippen molar-refractivity contribution in [3.8, 4) is 0 Å². The number of nitrogens with zero attached hydrogens (tertiary/aromatic N) is 2. The summed E-state index contributed by atoms with van der Waals surface area (Å²) < 4.78 is 12.5. The normalized spacial score (nSPS) is 29.9. The van der Waals surface area contributed by atoms with Crippen LogP contribution < -0.4 is 4.90 Å². The fourth-order valence-corrected chi connectivity index (χ4v) is 7.20. The van der Waals surface area contributed by atoms with Crippen molar-refractivity contribution in [3.63, 3.8) is 0 Å². The highest BCUT2D eigenvalue weighted by atomic mass is 35.5. The van der Waals surface area contributed by atoms with Crippen LogP contribution in [0.3, 0.4) is 0 Å². The van der Waals surface area contributed by atoms with Crippen molar-refractivity contribution >= 4 is 35.1 Å². The summed E-state index contributed by atoms with van der Waals surface area (Å²) in [5, 5.41) is 9.72. The second-order valence-corrected chi connectivity index (χ2v) is 12.1. The van der Waals surface area contributed by atoms with Crippen molar-refractivity contribution in [1.29, 1.82) is 0 Å². The van der Waals surface area contributed by atoms with E-state index in [2.05, 4.69) is 13.2 Å². The molecule has 3 heterocycles. The van der Waals surface area contributed by atoms with Gasteiger partial charge in [0.15, 0.2) is 0 Å². The number of unbranched alkanes of at least 4 members (excludes halogenated alkanes) is 4. The Kier molecular flexibility index (Phi) is 9.98. The predicted molar refractivity (Wildman–Crippen MR) is 158 cm³/mol. The highest BCUT2D eigenvalue weighted by Gasteiger charge is 2.80. The molecule has 1 N–H and O–H groups in total. The number of carbonyl (C=O) groups is 3. The Bertz CT molecular complexity index is 1140. The number of ether oxygens (including phenoxy) is 2. The van der Waals surface area contributed by atoms with Crippen LogP contribution in [0.25, 0.3) is 0 Å². The largest absolute Gasteiger partial charge is 0.465 e. The lowest BCUT2D eigenvalue weighted by Gasteiger charge is -2.37. The van der Waals surface area contributed by atoms with Crippen molar-refractivity contribution in [2.24, 2.45) is 17.8 Å². The second kappa shape index (κ2) is 13.1. The van der Waals surface area contributed by atoms with Gasteiger partial charge in [-0.1, -0.05) is 43.5 Å². The zero-order chi connectivity index (χ0) is 29.8. The standard InChI is InChI=1S/C32H43ClN2O6/c1-5-7-12-20-40-30(39)26-25-28(37)35(18-10-8-9-11-19-36)27(32(25)21-22(3)31(26,4)41-32)29(38)34(17-6-2)24-15-13-23(33)14-16-24/h5-6,13-16,22,25-27,36H,1-2,7-12,17-21H2,3-4H3/t22?,25-,26+,27?,31-,32?/m0/s1. The smallest absolute Gasteiger partial charge is 0.312 e. The highest BCUT2D eigenvalue weighted by Crippen LogP contribution is 2.65. The van der Waals surface area contributed by atoms with E-state index in [1.165, 1.54) is 0 Å². The number of fused-ring (bicyclic) bond motifs is 1. The Labute approximate surface area is 248 Å². The molecule has 1 aromatic carbocycles.